The Morgan fingerprint density at radius 1 is 0.355 bits per heavy atom. The summed E-state index contributed by atoms with van der Waals surface area (Å²) in [5, 5.41) is 83.6. The second kappa shape index (κ2) is 54.5. The van der Waals surface area contributed by atoms with Crippen LogP contribution in [0.4, 0.5) is 0 Å². The van der Waals surface area contributed by atoms with Gasteiger partial charge in [0, 0.05) is 25.9 Å². The quantitative estimate of drug-likeness (QED) is 0.0158. The molecule has 3 rings (SSSR count). The largest absolute Gasteiger partial charge is 0.481 e. The van der Waals surface area contributed by atoms with Gasteiger partial charge < -0.3 is 118 Å². The zero-order valence-electron chi connectivity index (χ0n) is 72.4. The molecule has 40 nitrogen and oxygen atoms in total. The molecule has 0 aliphatic carbocycles. The van der Waals surface area contributed by atoms with E-state index in [1.165, 1.54) is 11.8 Å². The number of nitrogens with one attached hydrogen (secondary N) is 17. The van der Waals surface area contributed by atoms with Crippen LogP contribution in [0.25, 0.3) is 0 Å². The van der Waals surface area contributed by atoms with E-state index in [1.54, 1.807) is 148 Å². The van der Waals surface area contributed by atoms with Crippen molar-refractivity contribution in [1.29, 1.82) is 10.8 Å². The SMILES string of the molecule is CSCC[C@H](NC(=O)[C@H](CCCNC(=N)N)NC(=O)[C@@H](NC(=O)[C@@H](NC(=O)[C@H](Cc1ccccc1)NC(=O)[C@H](CCCNC(=N)N)NC(=O)[C@@H](NC(=O)[C@H](Cc1ccccc1)NC(=O)[C@@H](N)Cc1ccccc1)C(C)C)C(C)C)C(C)C)C(=O)N[C@@H](CC(C)C)C(=O)N[C@@H](CC(N)=O)C(=O)N[C@@H](CC(=O)O)C(=O)N[C@@H](CC(C)C)C(=O)N[C@H](C(=O)O)[C@@H](C)O. The molecule has 3 aromatic rings. The van der Waals surface area contributed by atoms with Crippen LogP contribution in [0.2, 0.25) is 0 Å². The van der Waals surface area contributed by atoms with Gasteiger partial charge in [-0.2, -0.15) is 11.8 Å². The number of amides is 14. The van der Waals surface area contributed by atoms with Gasteiger partial charge in [-0.05, 0) is 117 Å². The first-order valence-corrected chi connectivity index (χ1v) is 42.6. The van der Waals surface area contributed by atoms with E-state index in [0.717, 1.165) is 12.5 Å². The van der Waals surface area contributed by atoms with Gasteiger partial charge in [0.1, 0.15) is 72.5 Å². The molecule has 28 N–H and O–H groups in total. The summed E-state index contributed by atoms with van der Waals surface area (Å²) < 4.78 is 0. The average Bonchev–Trinajstić information content (AvgIpc) is 0.843. The van der Waals surface area contributed by atoms with Crippen LogP contribution in [0, 0.1) is 40.4 Å². The van der Waals surface area contributed by atoms with E-state index in [4.69, 9.17) is 33.8 Å². The predicted molar refractivity (Wildman–Crippen MR) is 464 cm³/mol. The Kier molecular flexibility index (Phi) is 46.6. The van der Waals surface area contributed by atoms with E-state index >= 15 is 0 Å². The van der Waals surface area contributed by atoms with Crippen LogP contribution in [0.15, 0.2) is 91.0 Å². The predicted octanol–water partition coefficient (Wildman–Crippen LogP) is -2.50. The summed E-state index contributed by atoms with van der Waals surface area (Å²) in [7, 11) is 0. The highest BCUT2D eigenvalue weighted by atomic mass is 32.2. The summed E-state index contributed by atoms with van der Waals surface area (Å²) in [6.45, 7) is 17.5. The number of carboxylic acid groups (broad SMARTS) is 2. The Hall–Kier alpha value is -12.0. The van der Waals surface area contributed by atoms with Crippen LogP contribution in [-0.4, -0.2) is 238 Å². The first kappa shape index (κ1) is 106. The molecule has 686 valence electrons. The molecule has 0 radical (unpaired) electrons. The summed E-state index contributed by atoms with van der Waals surface area (Å²) in [6, 6.07) is 5.06. The second-order valence-electron chi connectivity index (χ2n) is 32.3. The van der Waals surface area contributed by atoms with Gasteiger partial charge in [0.15, 0.2) is 18.0 Å². The smallest absolute Gasteiger partial charge is 0.328 e. The third-order valence-corrected chi connectivity index (χ3v) is 20.1. The molecule has 3 aromatic carbocycles. The van der Waals surface area contributed by atoms with Crippen molar-refractivity contribution in [3.63, 3.8) is 0 Å². The van der Waals surface area contributed by atoms with Crippen molar-refractivity contribution in [3.05, 3.63) is 108 Å². The lowest BCUT2D eigenvalue weighted by atomic mass is 9.98. The van der Waals surface area contributed by atoms with Gasteiger partial charge in [0.2, 0.25) is 82.7 Å². The maximum Gasteiger partial charge on any atom is 0.328 e. The normalized spacial score (nSPS) is 14.9. The lowest BCUT2D eigenvalue weighted by molar-refractivity contribution is -0.145. The van der Waals surface area contributed by atoms with Gasteiger partial charge in [-0.3, -0.25) is 82.7 Å². The van der Waals surface area contributed by atoms with Crippen molar-refractivity contribution in [2.24, 2.45) is 52.5 Å². The van der Waals surface area contributed by atoms with Gasteiger partial charge in [-0.1, -0.05) is 160 Å². The number of carboxylic acids is 2. The summed E-state index contributed by atoms with van der Waals surface area (Å²) in [5.74, 6) is -20.3. The highest BCUT2D eigenvalue weighted by Gasteiger charge is 2.41. The highest BCUT2D eigenvalue weighted by molar-refractivity contribution is 7.98. The van der Waals surface area contributed by atoms with E-state index in [2.05, 4.69) is 79.8 Å². The zero-order valence-corrected chi connectivity index (χ0v) is 73.2. The van der Waals surface area contributed by atoms with Crippen LogP contribution < -0.4 is 103 Å². The number of aliphatic carboxylic acids is 2. The Morgan fingerprint density at radius 3 is 0.976 bits per heavy atom. The minimum Gasteiger partial charge on any atom is -0.481 e. The fourth-order valence-electron chi connectivity index (χ4n) is 12.8. The fourth-order valence-corrected chi connectivity index (χ4v) is 13.3. The summed E-state index contributed by atoms with van der Waals surface area (Å²) >= 11 is 1.27. The number of benzene rings is 3. The Balaban J connectivity index is 1.99. The maximum absolute atomic E-state index is 15.0. The minimum absolute atomic E-state index is 0.00354. The molecule has 0 saturated carbocycles. The molecule has 0 aliphatic rings. The molecule has 0 aliphatic heterocycles. The third-order valence-electron chi connectivity index (χ3n) is 19.5. The number of hydrogen-bond acceptors (Lipinski definition) is 21. The van der Waals surface area contributed by atoms with E-state index in [-0.39, 0.29) is 94.9 Å². The fraction of sp³-hybridized carbons (Fsp3) is 0.566. The topological polar surface area (TPSA) is 666 Å². The van der Waals surface area contributed by atoms with Crippen LogP contribution in [0.1, 0.15) is 151 Å². The lowest BCUT2D eigenvalue weighted by Gasteiger charge is -2.30. The standard InChI is InChI=1S/C83H129N21O19S/c1-43(2)36-56(72(113)99-60(41-62(85)106)73(114)100-61(42-63(107)108)74(115)97-57(37-44(3)4)75(116)104-67(48(11)105)81(122)123)96-71(112)55(32-35-124-12)92-69(110)53(30-22-33-90-82(86)87)93-79(120)65(46(7)8)103-80(121)66(47(9)10)102-77(118)59(40-51-28-20-15-21-29-51)98-70(111)54(31-23-34-91-83(88)89)94-78(119)64(45(5)6)101-76(117)58(39-50-26-18-14-19-27-50)95-68(109)52(84)38-49-24-16-13-17-25-49/h13-21,24-29,43-48,52-61,64-67,105H,22-23,30-42,84H2,1-12H3,(H2,85,106)(H,92,110)(H,93,120)(H,94,119)(H,95,109)(H,96,112)(H,97,115)(H,98,111)(H,99,113)(H,100,114)(H,101,117)(H,102,118)(H,103,121)(H,104,116)(H,107,108)(H,122,123)(H4,86,87,90)(H4,88,89,91)/t48-,52+,53+,54+,55+,56+,57+,58+,59+,60+,61+,64+,65+,66+,67+/m1/s1. The Bertz CT molecular complexity index is 4070. The van der Waals surface area contributed by atoms with Crippen molar-refractivity contribution in [3.8, 4) is 0 Å². The maximum atomic E-state index is 15.0. The van der Waals surface area contributed by atoms with Crippen molar-refractivity contribution >= 4 is 118 Å². The molecule has 0 spiro atoms. The van der Waals surface area contributed by atoms with E-state index in [1.807, 2.05) is 18.2 Å². The van der Waals surface area contributed by atoms with Gasteiger partial charge in [0.05, 0.1) is 25.0 Å². The number of primary amides is 1. The highest BCUT2D eigenvalue weighted by Crippen LogP contribution is 2.17. The molecule has 0 aromatic heterocycles. The van der Waals surface area contributed by atoms with Crippen LogP contribution in [-0.2, 0) is 96.0 Å². The van der Waals surface area contributed by atoms with Crippen molar-refractivity contribution < 1.29 is 92.0 Å². The number of aliphatic hydroxyl groups excluding tert-OH is 1. The van der Waals surface area contributed by atoms with E-state index < -0.39 is 228 Å². The number of guanidine groups is 2. The summed E-state index contributed by atoms with van der Waals surface area (Å²) in [4.78, 5) is 224. The molecule has 14 amide bonds. The number of thioether (sulfide) groups is 1. The molecule has 0 fully saturated rings. The lowest BCUT2D eigenvalue weighted by Crippen LogP contribution is -2.62. The first-order valence-electron chi connectivity index (χ1n) is 41.2. The molecular weight excluding hydrogens is 1630 g/mol. The summed E-state index contributed by atoms with van der Waals surface area (Å²) in [5.41, 5.74) is 25.1. The van der Waals surface area contributed by atoms with Crippen LogP contribution >= 0.6 is 11.8 Å². The molecular formula is C83H129N21O19S. The van der Waals surface area contributed by atoms with Gasteiger partial charge in [-0.15, -0.1) is 0 Å². The van der Waals surface area contributed by atoms with Gasteiger partial charge in [0.25, 0.3) is 0 Å². The molecule has 0 heterocycles. The molecule has 0 saturated heterocycles. The van der Waals surface area contributed by atoms with Gasteiger partial charge >= 0.3 is 11.9 Å². The summed E-state index contributed by atoms with van der Waals surface area (Å²) in [6.07, 6.45) is -2.53. The van der Waals surface area contributed by atoms with Crippen molar-refractivity contribution in [2.75, 3.05) is 25.1 Å². The minimum atomic E-state index is -2.02. The number of carbonyl (C=O) groups is 16. The number of aliphatic hydroxyl groups is 1. The Labute approximate surface area is 726 Å². The number of rotatable bonds is 56. The van der Waals surface area contributed by atoms with Gasteiger partial charge in [-0.25, -0.2) is 4.79 Å². The number of nitrogens with two attached hydrogens (primary N) is 4. The first-order chi connectivity index (χ1) is 58.3. The van der Waals surface area contributed by atoms with Crippen LogP contribution in [0.3, 0.4) is 0 Å². The van der Waals surface area contributed by atoms with Crippen LogP contribution in [0.5, 0.6) is 0 Å². The molecule has 41 heteroatoms. The molecule has 0 unspecified atom stereocenters. The number of carbonyl (C=O) groups excluding carboxylic acids is 14. The van der Waals surface area contributed by atoms with E-state index in [9.17, 15) is 92.0 Å². The molecule has 15 atom stereocenters. The molecule has 0 bridgehead atoms. The molecule has 124 heavy (non-hydrogen) atoms. The van der Waals surface area contributed by atoms with Crippen molar-refractivity contribution in [2.45, 2.75) is 244 Å². The number of hydrogen-bond donors (Lipinski definition) is 24. The van der Waals surface area contributed by atoms with Crippen molar-refractivity contribution in [1.82, 2.24) is 79.8 Å². The average molecular weight is 1760 g/mol. The monoisotopic (exact) mass is 1760 g/mol. The third kappa shape index (κ3) is 39.4. The Morgan fingerprint density at radius 2 is 0.637 bits per heavy atom. The zero-order chi connectivity index (χ0) is 93.2. The van der Waals surface area contributed by atoms with E-state index in [0.29, 0.717) is 11.1 Å². The second-order valence-corrected chi connectivity index (χ2v) is 33.2.